The van der Waals surface area contributed by atoms with Crippen LogP contribution in [-0.4, -0.2) is 74.0 Å². The molecule has 8 heteroatoms. The lowest BCUT2D eigenvalue weighted by Crippen LogP contribution is -2.58. The number of amides is 4. The number of likely N-dealkylation sites (tertiary alicyclic amines) is 1. The summed E-state index contributed by atoms with van der Waals surface area (Å²) in [6.45, 7) is 12.5. The molecule has 2 fully saturated rings. The Morgan fingerprint density at radius 3 is 2.41 bits per heavy atom. The monoisotopic (exact) mass is 403 g/mol. The van der Waals surface area contributed by atoms with Gasteiger partial charge in [0.2, 0.25) is 0 Å². The number of carbonyl (C=O) groups excluding carboxylic acids is 3. The predicted octanol–water partition coefficient (Wildman–Crippen LogP) is 2.52. The second-order valence-corrected chi connectivity index (χ2v) is 8.55. The zero-order valence-electron chi connectivity index (χ0n) is 18.3. The first-order valence-corrected chi connectivity index (χ1v) is 10.7. The molecule has 1 spiro atoms. The topological polar surface area (TPSA) is 78.8 Å². The molecule has 3 rings (SSSR count). The molecule has 1 aromatic heterocycles. The highest BCUT2D eigenvalue weighted by molar-refractivity contribution is 6.07. The third-order valence-corrected chi connectivity index (χ3v) is 5.92. The Bertz CT molecular complexity index is 792. The van der Waals surface area contributed by atoms with Crippen LogP contribution in [0, 0.1) is 12.8 Å². The van der Waals surface area contributed by atoms with E-state index in [1.165, 1.54) is 4.90 Å². The van der Waals surface area contributed by atoms with Gasteiger partial charge in [0.15, 0.2) is 0 Å². The third-order valence-electron chi connectivity index (χ3n) is 5.92. The van der Waals surface area contributed by atoms with Crippen molar-refractivity contribution in [3.63, 3.8) is 0 Å². The van der Waals surface area contributed by atoms with Crippen molar-refractivity contribution in [1.82, 2.24) is 24.5 Å². The minimum atomic E-state index is -0.811. The summed E-state index contributed by atoms with van der Waals surface area (Å²) < 4.78 is 1.72. The molecular formula is C21H33N5O3. The number of urea groups is 1. The lowest BCUT2D eigenvalue weighted by atomic mass is 9.85. The van der Waals surface area contributed by atoms with Crippen LogP contribution in [0.4, 0.5) is 4.79 Å². The maximum absolute atomic E-state index is 13.3. The number of hydrogen-bond acceptors (Lipinski definition) is 4. The summed E-state index contributed by atoms with van der Waals surface area (Å²) in [6.07, 6.45) is 1.71. The first-order valence-electron chi connectivity index (χ1n) is 10.7. The van der Waals surface area contributed by atoms with Gasteiger partial charge in [-0.25, -0.2) is 4.79 Å². The van der Waals surface area contributed by atoms with Gasteiger partial charge in [0, 0.05) is 32.7 Å². The van der Waals surface area contributed by atoms with Crippen LogP contribution in [0.2, 0.25) is 0 Å². The molecule has 0 bridgehead atoms. The molecule has 2 aliphatic heterocycles. The molecule has 0 aliphatic carbocycles. The zero-order valence-corrected chi connectivity index (χ0v) is 18.3. The van der Waals surface area contributed by atoms with Crippen molar-refractivity contribution in [3.05, 3.63) is 17.5 Å². The molecule has 0 N–H and O–H groups in total. The average Bonchev–Trinajstić information content (AvgIpc) is 3.16. The summed E-state index contributed by atoms with van der Waals surface area (Å²) in [6, 6.07) is 1.64. The predicted molar refractivity (Wildman–Crippen MR) is 109 cm³/mol. The molecule has 29 heavy (non-hydrogen) atoms. The Hall–Kier alpha value is -2.38. The van der Waals surface area contributed by atoms with Gasteiger partial charge in [0.1, 0.15) is 11.2 Å². The quantitative estimate of drug-likeness (QED) is 0.684. The molecule has 0 atom stereocenters. The van der Waals surface area contributed by atoms with E-state index >= 15 is 0 Å². The van der Waals surface area contributed by atoms with Crippen LogP contribution < -0.4 is 0 Å². The van der Waals surface area contributed by atoms with Crippen LogP contribution >= 0.6 is 0 Å². The Balaban J connectivity index is 1.81. The molecule has 160 valence electrons. The average molecular weight is 404 g/mol. The van der Waals surface area contributed by atoms with E-state index in [4.69, 9.17) is 0 Å². The highest BCUT2D eigenvalue weighted by atomic mass is 16.2. The van der Waals surface area contributed by atoms with Crippen molar-refractivity contribution in [1.29, 1.82) is 0 Å². The minimum Gasteiger partial charge on any atom is -0.337 e. The maximum Gasteiger partial charge on any atom is 0.327 e. The number of aryl methyl sites for hydroxylation is 2. The number of imide groups is 1. The van der Waals surface area contributed by atoms with E-state index < -0.39 is 5.54 Å². The first kappa shape index (κ1) is 21.3. The van der Waals surface area contributed by atoms with Crippen LogP contribution in [0.1, 0.15) is 63.1 Å². The number of rotatable bonds is 6. The summed E-state index contributed by atoms with van der Waals surface area (Å²) in [5.41, 5.74) is 0.591. The highest BCUT2D eigenvalue weighted by Crippen LogP contribution is 2.38. The van der Waals surface area contributed by atoms with Crippen LogP contribution in [0.3, 0.4) is 0 Å². The van der Waals surface area contributed by atoms with Gasteiger partial charge in [-0.1, -0.05) is 20.8 Å². The van der Waals surface area contributed by atoms with Gasteiger partial charge < -0.3 is 9.80 Å². The van der Waals surface area contributed by atoms with E-state index in [0.717, 1.165) is 12.1 Å². The van der Waals surface area contributed by atoms with Gasteiger partial charge in [-0.15, -0.1) is 0 Å². The Labute approximate surface area is 172 Å². The SMILES string of the molecule is CCCN1C(=O)N(CC(C)C)C2(CCN(C(=O)c3cc(C)nn3CC)CC2)C1=O. The Morgan fingerprint density at radius 1 is 1.21 bits per heavy atom. The summed E-state index contributed by atoms with van der Waals surface area (Å²) in [5, 5.41) is 4.37. The van der Waals surface area contributed by atoms with Crippen LogP contribution in [-0.2, 0) is 11.3 Å². The number of aromatic nitrogens is 2. The van der Waals surface area contributed by atoms with Gasteiger partial charge in [-0.3, -0.25) is 19.2 Å². The van der Waals surface area contributed by atoms with E-state index in [0.29, 0.717) is 51.3 Å². The standard InChI is InChI=1S/C21H33N5O3/c1-6-10-24-19(28)21(25(20(24)29)14-15(3)4)8-11-23(12-9-21)18(27)17-13-16(5)22-26(17)7-2/h13,15H,6-12,14H2,1-5H3. The molecule has 0 saturated carbocycles. The fraction of sp³-hybridized carbons (Fsp3) is 0.714. The molecule has 0 unspecified atom stereocenters. The molecule has 4 amide bonds. The van der Waals surface area contributed by atoms with Gasteiger partial charge in [-0.2, -0.15) is 5.10 Å². The van der Waals surface area contributed by atoms with E-state index in [1.54, 1.807) is 14.5 Å². The lowest BCUT2D eigenvalue weighted by molar-refractivity contribution is -0.135. The molecule has 3 heterocycles. The molecule has 2 saturated heterocycles. The highest BCUT2D eigenvalue weighted by Gasteiger charge is 2.57. The van der Waals surface area contributed by atoms with Gasteiger partial charge >= 0.3 is 6.03 Å². The van der Waals surface area contributed by atoms with Crippen molar-refractivity contribution >= 4 is 17.8 Å². The summed E-state index contributed by atoms with van der Waals surface area (Å²) in [7, 11) is 0. The molecule has 0 aromatic carbocycles. The van der Waals surface area contributed by atoms with Crippen molar-refractivity contribution in [3.8, 4) is 0 Å². The zero-order chi connectivity index (χ0) is 21.3. The largest absolute Gasteiger partial charge is 0.337 e. The number of carbonyl (C=O) groups is 3. The van der Waals surface area contributed by atoms with Crippen molar-refractivity contribution in [2.24, 2.45) is 5.92 Å². The summed E-state index contributed by atoms with van der Waals surface area (Å²) in [5.74, 6) is 0.123. The van der Waals surface area contributed by atoms with Gasteiger partial charge in [-0.05, 0) is 45.1 Å². The number of hydrogen-bond donors (Lipinski definition) is 0. The van der Waals surface area contributed by atoms with Gasteiger partial charge in [0.05, 0.1) is 5.69 Å². The Morgan fingerprint density at radius 2 is 1.86 bits per heavy atom. The van der Waals surface area contributed by atoms with E-state index in [2.05, 4.69) is 18.9 Å². The Kier molecular flexibility index (Phi) is 6.00. The van der Waals surface area contributed by atoms with Crippen molar-refractivity contribution in [2.75, 3.05) is 26.2 Å². The lowest BCUT2D eigenvalue weighted by Gasteiger charge is -2.42. The minimum absolute atomic E-state index is 0.0557. The smallest absolute Gasteiger partial charge is 0.327 e. The normalized spacial score (nSPS) is 19.2. The van der Waals surface area contributed by atoms with E-state index in [-0.39, 0.29) is 23.8 Å². The summed E-state index contributed by atoms with van der Waals surface area (Å²) >= 11 is 0. The fourth-order valence-electron chi connectivity index (χ4n) is 4.51. The van der Waals surface area contributed by atoms with Crippen molar-refractivity contribution in [2.45, 2.75) is 66.0 Å². The molecular weight excluding hydrogens is 370 g/mol. The number of piperidine rings is 1. The van der Waals surface area contributed by atoms with Crippen LogP contribution in [0.5, 0.6) is 0 Å². The molecule has 0 radical (unpaired) electrons. The van der Waals surface area contributed by atoms with Gasteiger partial charge in [0.25, 0.3) is 11.8 Å². The van der Waals surface area contributed by atoms with Crippen LogP contribution in [0.15, 0.2) is 6.07 Å². The fourth-order valence-corrected chi connectivity index (χ4v) is 4.51. The second kappa shape index (κ2) is 8.16. The molecule has 8 nitrogen and oxygen atoms in total. The maximum atomic E-state index is 13.3. The van der Waals surface area contributed by atoms with E-state index in [9.17, 15) is 14.4 Å². The van der Waals surface area contributed by atoms with E-state index in [1.807, 2.05) is 26.8 Å². The molecule has 2 aliphatic rings. The van der Waals surface area contributed by atoms with Crippen molar-refractivity contribution < 1.29 is 14.4 Å². The number of nitrogens with zero attached hydrogens (tertiary/aromatic N) is 5. The summed E-state index contributed by atoms with van der Waals surface area (Å²) in [4.78, 5) is 44.3. The third kappa shape index (κ3) is 3.65. The van der Waals surface area contributed by atoms with Crippen LogP contribution in [0.25, 0.3) is 0 Å². The molecule has 1 aromatic rings. The second-order valence-electron chi connectivity index (χ2n) is 8.55. The first-order chi connectivity index (χ1) is 13.7.